The Balaban J connectivity index is 1.89. The van der Waals surface area contributed by atoms with E-state index in [1.54, 1.807) is 19.5 Å². The van der Waals surface area contributed by atoms with Crippen LogP contribution in [0, 0.1) is 6.92 Å². The fourth-order valence-corrected chi connectivity index (χ4v) is 1.94. The van der Waals surface area contributed by atoms with Gasteiger partial charge in [0.15, 0.2) is 0 Å². The van der Waals surface area contributed by atoms with Crippen molar-refractivity contribution in [2.75, 3.05) is 12.4 Å². The highest BCUT2D eigenvalue weighted by Gasteiger charge is 2.04. The third-order valence-electron chi connectivity index (χ3n) is 3.04. The number of nitrogens with one attached hydrogen (secondary N) is 2. The third kappa shape index (κ3) is 4.57. The molecule has 0 atom stereocenters. The smallest absolute Gasteiger partial charge is 0.319 e. The largest absolute Gasteiger partial charge is 0.380 e. The maximum absolute atomic E-state index is 11.9. The molecule has 1 aromatic carbocycles. The Morgan fingerprint density at radius 3 is 2.86 bits per heavy atom. The van der Waals surface area contributed by atoms with E-state index in [0.717, 1.165) is 16.7 Å². The van der Waals surface area contributed by atoms with Crippen LogP contribution in [0.15, 0.2) is 42.7 Å². The van der Waals surface area contributed by atoms with Crippen molar-refractivity contribution in [1.82, 2.24) is 10.3 Å². The molecule has 0 radical (unpaired) electrons. The number of hydrogen-bond donors (Lipinski definition) is 2. The van der Waals surface area contributed by atoms with E-state index >= 15 is 0 Å². The topological polar surface area (TPSA) is 63.2 Å². The Bertz CT molecular complexity index is 614. The number of methoxy groups -OCH3 is 1. The molecule has 1 heterocycles. The number of aryl methyl sites for hydroxylation is 1. The Labute approximate surface area is 124 Å². The molecular formula is C16H19N3O2. The van der Waals surface area contributed by atoms with E-state index in [2.05, 4.69) is 15.6 Å². The molecule has 0 spiro atoms. The van der Waals surface area contributed by atoms with E-state index in [1.165, 1.54) is 0 Å². The first-order valence-corrected chi connectivity index (χ1v) is 6.71. The molecule has 5 nitrogen and oxygen atoms in total. The Hall–Kier alpha value is -2.40. The first kappa shape index (κ1) is 15.0. The van der Waals surface area contributed by atoms with Gasteiger partial charge in [0.2, 0.25) is 0 Å². The second-order valence-corrected chi connectivity index (χ2v) is 4.75. The molecule has 0 unspecified atom stereocenters. The van der Waals surface area contributed by atoms with Crippen molar-refractivity contribution in [3.05, 3.63) is 59.4 Å². The zero-order valence-electron chi connectivity index (χ0n) is 12.2. The highest BCUT2D eigenvalue weighted by molar-refractivity contribution is 5.89. The van der Waals surface area contributed by atoms with Crippen LogP contribution in [0.5, 0.6) is 0 Å². The van der Waals surface area contributed by atoms with Gasteiger partial charge >= 0.3 is 6.03 Å². The summed E-state index contributed by atoms with van der Waals surface area (Å²) in [7, 11) is 1.66. The summed E-state index contributed by atoms with van der Waals surface area (Å²) in [4.78, 5) is 15.9. The minimum absolute atomic E-state index is 0.247. The van der Waals surface area contributed by atoms with Crippen LogP contribution in [0.2, 0.25) is 0 Å². The van der Waals surface area contributed by atoms with Gasteiger partial charge < -0.3 is 15.4 Å². The summed E-state index contributed by atoms with van der Waals surface area (Å²) >= 11 is 0. The van der Waals surface area contributed by atoms with Gasteiger partial charge in [-0.15, -0.1) is 0 Å². The number of pyridine rings is 1. The molecule has 0 aliphatic carbocycles. The number of aromatic nitrogens is 1. The predicted octanol–water partition coefficient (Wildman–Crippen LogP) is 2.86. The second kappa shape index (κ2) is 7.40. The number of anilines is 1. The van der Waals surface area contributed by atoms with Crippen LogP contribution >= 0.6 is 0 Å². The lowest BCUT2D eigenvalue weighted by molar-refractivity contribution is 0.185. The summed E-state index contributed by atoms with van der Waals surface area (Å²) in [6, 6.07) is 9.53. The summed E-state index contributed by atoms with van der Waals surface area (Å²) in [5, 5.41) is 5.61. The van der Waals surface area contributed by atoms with Gasteiger partial charge in [-0.1, -0.05) is 24.3 Å². The van der Waals surface area contributed by atoms with Crippen molar-refractivity contribution in [3.63, 3.8) is 0 Å². The van der Waals surface area contributed by atoms with Gasteiger partial charge in [0, 0.05) is 19.9 Å². The minimum Gasteiger partial charge on any atom is -0.380 e. The average molecular weight is 285 g/mol. The number of amides is 2. The van der Waals surface area contributed by atoms with E-state index in [0.29, 0.717) is 18.8 Å². The van der Waals surface area contributed by atoms with Gasteiger partial charge in [-0.3, -0.25) is 4.98 Å². The number of ether oxygens (including phenoxy) is 1. The van der Waals surface area contributed by atoms with E-state index < -0.39 is 0 Å². The highest BCUT2D eigenvalue weighted by atomic mass is 16.5. The molecule has 0 saturated carbocycles. The molecule has 2 rings (SSSR count). The first-order valence-electron chi connectivity index (χ1n) is 6.71. The number of nitrogens with zero attached hydrogens (tertiary/aromatic N) is 1. The summed E-state index contributed by atoms with van der Waals surface area (Å²) in [6.07, 6.45) is 3.33. The van der Waals surface area contributed by atoms with Crippen molar-refractivity contribution in [3.8, 4) is 0 Å². The molecular weight excluding hydrogens is 266 g/mol. The van der Waals surface area contributed by atoms with Crippen molar-refractivity contribution >= 4 is 11.7 Å². The van der Waals surface area contributed by atoms with E-state index in [-0.39, 0.29) is 6.03 Å². The lowest BCUT2D eigenvalue weighted by Gasteiger charge is -2.10. The summed E-state index contributed by atoms with van der Waals surface area (Å²) in [6.45, 7) is 2.95. The molecule has 21 heavy (non-hydrogen) atoms. The molecule has 0 fully saturated rings. The molecule has 0 aliphatic heterocycles. The normalized spacial score (nSPS) is 10.2. The quantitative estimate of drug-likeness (QED) is 0.888. The first-order chi connectivity index (χ1) is 10.2. The molecule has 110 valence electrons. The lowest BCUT2D eigenvalue weighted by Crippen LogP contribution is -2.28. The van der Waals surface area contributed by atoms with Crippen LogP contribution in [0.3, 0.4) is 0 Å². The monoisotopic (exact) mass is 285 g/mol. The predicted molar refractivity (Wildman–Crippen MR) is 82.0 cm³/mol. The maximum Gasteiger partial charge on any atom is 0.319 e. The third-order valence-corrected chi connectivity index (χ3v) is 3.04. The van der Waals surface area contributed by atoms with E-state index in [4.69, 9.17) is 4.74 Å². The lowest BCUT2D eigenvalue weighted by atomic mass is 10.1. The summed E-state index contributed by atoms with van der Waals surface area (Å²) in [5.74, 6) is 0. The Morgan fingerprint density at radius 1 is 1.29 bits per heavy atom. The van der Waals surface area contributed by atoms with E-state index in [1.807, 2.05) is 37.3 Å². The van der Waals surface area contributed by atoms with Crippen LogP contribution in [0.25, 0.3) is 0 Å². The number of urea groups is 1. The van der Waals surface area contributed by atoms with Crippen LogP contribution in [-0.4, -0.2) is 18.1 Å². The number of benzene rings is 1. The molecule has 1 aromatic heterocycles. The van der Waals surface area contributed by atoms with Gasteiger partial charge in [0.25, 0.3) is 0 Å². The van der Waals surface area contributed by atoms with E-state index in [9.17, 15) is 4.79 Å². The molecule has 0 saturated heterocycles. The van der Waals surface area contributed by atoms with Crippen molar-refractivity contribution in [1.29, 1.82) is 0 Å². The zero-order valence-corrected chi connectivity index (χ0v) is 12.2. The van der Waals surface area contributed by atoms with Gasteiger partial charge in [-0.2, -0.15) is 0 Å². The molecule has 2 amide bonds. The molecule has 5 heteroatoms. The second-order valence-electron chi connectivity index (χ2n) is 4.75. The van der Waals surface area contributed by atoms with Gasteiger partial charge in [0.05, 0.1) is 18.5 Å². The minimum atomic E-state index is -0.247. The number of rotatable bonds is 5. The maximum atomic E-state index is 11.9. The fourth-order valence-electron chi connectivity index (χ4n) is 1.94. The van der Waals surface area contributed by atoms with Crippen LogP contribution in [0.4, 0.5) is 10.5 Å². The van der Waals surface area contributed by atoms with Crippen LogP contribution in [0.1, 0.15) is 16.7 Å². The standard InChI is InChI=1S/C16H19N3O2/c1-12-6-7-17-10-15(12)19-16(20)18-9-13-4-3-5-14(8-13)11-21-2/h3-8,10H,9,11H2,1-2H3,(H2,18,19,20). The van der Waals surface area contributed by atoms with Crippen LogP contribution < -0.4 is 10.6 Å². The van der Waals surface area contributed by atoms with Crippen LogP contribution in [-0.2, 0) is 17.9 Å². The Morgan fingerprint density at radius 2 is 2.10 bits per heavy atom. The summed E-state index contributed by atoms with van der Waals surface area (Å²) in [5.41, 5.74) is 3.80. The van der Waals surface area contributed by atoms with Gasteiger partial charge in [-0.05, 0) is 29.7 Å². The summed E-state index contributed by atoms with van der Waals surface area (Å²) < 4.78 is 5.09. The number of carbonyl (C=O) groups excluding carboxylic acids is 1. The molecule has 2 N–H and O–H groups in total. The zero-order chi connectivity index (χ0) is 15.1. The van der Waals surface area contributed by atoms with Crippen molar-refractivity contribution in [2.24, 2.45) is 0 Å². The molecule has 0 bridgehead atoms. The number of hydrogen-bond acceptors (Lipinski definition) is 3. The molecule has 0 aliphatic rings. The van der Waals surface area contributed by atoms with Gasteiger partial charge in [0.1, 0.15) is 0 Å². The fraction of sp³-hybridized carbons (Fsp3) is 0.250. The SMILES string of the molecule is COCc1cccc(CNC(=O)Nc2cnccc2C)c1. The van der Waals surface area contributed by atoms with Crippen molar-refractivity contribution in [2.45, 2.75) is 20.1 Å². The Kier molecular flexibility index (Phi) is 5.29. The van der Waals surface area contributed by atoms with Crippen molar-refractivity contribution < 1.29 is 9.53 Å². The average Bonchev–Trinajstić information content (AvgIpc) is 2.48. The molecule has 2 aromatic rings. The number of carbonyl (C=O) groups is 1. The van der Waals surface area contributed by atoms with Gasteiger partial charge in [-0.25, -0.2) is 4.79 Å². The highest BCUT2D eigenvalue weighted by Crippen LogP contribution is 2.11.